The highest BCUT2D eigenvalue weighted by Gasteiger charge is 2.29. The Labute approximate surface area is 96.4 Å². The number of aromatic nitrogens is 2. The smallest absolute Gasteiger partial charge is 0.124 e. The van der Waals surface area contributed by atoms with Crippen molar-refractivity contribution in [3.8, 4) is 0 Å². The van der Waals surface area contributed by atoms with Crippen LogP contribution in [0.1, 0.15) is 31.0 Å². The molecule has 16 heavy (non-hydrogen) atoms. The molecule has 0 bridgehead atoms. The summed E-state index contributed by atoms with van der Waals surface area (Å²) in [7, 11) is 0. The topological polar surface area (TPSA) is 41.9 Å². The van der Waals surface area contributed by atoms with Crippen LogP contribution in [-0.2, 0) is 0 Å². The van der Waals surface area contributed by atoms with Crippen molar-refractivity contribution >= 4 is 5.82 Å². The average molecular weight is 220 g/mol. The van der Waals surface area contributed by atoms with Gasteiger partial charge in [-0.05, 0) is 45.2 Å². The summed E-state index contributed by atoms with van der Waals surface area (Å²) in [6.45, 7) is 5.50. The van der Waals surface area contributed by atoms with Crippen LogP contribution in [0.15, 0.2) is 6.07 Å². The van der Waals surface area contributed by atoms with E-state index in [-0.39, 0.29) is 0 Å². The molecule has 0 saturated carbocycles. The van der Waals surface area contributed by atoms with Crippen LogP contribution in [0.4, 0.5) is 5.82 Å². The fourth-order valence-corrected chi connectivity index (χ4v) is 3.01. The largest absolute Gasteiger partial charge is 0.370 e. The molecule has 0 aromatic carbocycles. The van der Waals surface area contributed by atoms with Crippen molar-refractivity contribution in [2.24, 2.45) is 5.92 Å². The molecule has 1 aromatic rings. The first kappa shape index (κ1) is 10.1. The van der Waals surface area contributed by atoms with Gasteiger partial charge in [0.1, 0.15) is 5.82 Å². The number of piperidine rings is 1. The SMILES string of the molecule is Cc1cc2n(n1)C(C1CCCNC1)CCN2. The van der Waals surface area contributed by atoms with Crippen molar-refractivity contribution in [2.45, 2.75) is 32.2 Å². The monoisotopic (exact) mass is 220 g/mol. The van der Waals surface area contributed by atoms with Gasteiger partial charge in [-0.1, -0.05) is 0 Å². The quantitative estimate of drug-likeness (QED) is 0.754. The van der Waals surface area contributed by atoms with Crippen LogP contribution in [0, 0.1) is 12.8 Å². The predicted octanol–water partition coefficient (Wildman–Crippen LogP) is 1.55. The highest BCUT2D eigenvalue weighted by Crippen LogP contribution is 2.32. The standard InChI is InChI=1S/C12H20N4/c1-9-7-12-14-6-4-11(16(12)15-9)10-3-2-5-13-8-10/h7,10-11,13-14H,2-6,8H2,1H3. The maximum atomic E-state index is 4.63. The van der Waals surface area contributed by atoms with E-state index in [1.807, 2.05) is 0 Å². The number of rotatable bonds is 1. The first-order chi connectivity index (χ1) is 7.84. The summed E-state index contributed by atoms with van der Waals surface area (Å²) in [5, 5.41) is 11.6. The summed E-state index contributed by atoms with van der Waals surface area (Å²) in [4.78, 5) is 0. The van der Waals surface area contributed by atoms with Crippen molar-refractivity contribution in [2.75, 3.05) is 25.0 Å². The molecule has 2 atom stereocenters. The van der Waals surface area contributed by atoms with E-state index in [4.69, 9.17) is 0 Å². The molecular weight excluding hydrogens is 200 g/mol. The van der Waals surface area contributed by atoms with E-state index in [9.17, 15) is 0 Å². The lowest BCUT2D eigenvalue weighted by atomic mass is 9.89. The summed E-state index contributed by atoms with van der Waals surface area (Å²) < 4.78 is 2.22. The average Bonchev–Trinajstić information content (AvgIpc) is 2.70. The molecule has 2 N–H and O–H groups in total. The van der Waals surface area contributed by atoms with Gasteiger partial charge in [0.2, 0.25) is 0 Å². The fraction of sp³-hybridized carbons (Fsp3) is 0.750. The molecular formula is C12H20N4. The summed E-state index contributed by atoms with van der Waals surface area (Å²) in [5.74, 6) is 1.97. The summed E-state index contributed by atoms with van der Waals surface area (Å²) in [6.07, 6.45) is 3.86. The lowest BCUT2D eigenvalue weighted by molar-refractivity contribution is 0.235. The van der Waals surface area contributed by atoms with Crippen molar-refractivity contribution < 1.29 is 0 Å². The number of anilines is 1. The van der Waals surface area contributed by atoms with Crippen LogP contribution in [0.2, 0.25) is 0 Å². The Kier molecular flexibility index (Phi) is 2.59. The van der Waals surface area contributed by atoms with Crippen LogP contribution >= 0.6 is 0 Å². The van der Waals surface area contributed by atoms with Crippen LogP contribution in [0.25, 0.3) is 0 Å². The lowest BCUT2D eigenvalue weighted by Gasteiger charge is -2.34. The van der Waals surface area contributed by atoms with E-state index >= 15 is 0 Å². The van der Waals surface area contributed by atoms with E-state index in [0.29, 0.717) is 6.04 Å². The van der Waals surface area contributed by atoms with Crippen LogP contribution in [0.3, 0.4) is 0 Å². The van der Waals surface area contributed by atoms with Crippen molar-refractivity contribution in [1.82, 2.24) is 15.1 Å². The van der Waals surface area contributed by atoms with Gasteiger partial charge in [0, 0.05) is 12.6 Å². The molecule has 2 aliphatic rings. The Hall–Kier alpha value is -1.03. The number of nitrogens with zero attached hydrogens (tertiary/aromatic N) is 2. The summed E-state index contributed by atoms with van der Waals surface area (Å²) in [6, 6.07) is 2.75. The zero-order chi connectivity index (χ0) is 11.0. The van der Waals surface area contributed by atoms with Gasteiger partial charge in [0.05, 0.1) is 11.7 Å². The second kappa shape index (κ2) is 4.09. The Balaban J connectivity index is 1.85. The molecule has 0 amide bonds. The molecule has 3 rings (SSSR count). The Bertz CT molecular complexity index is 365. The van der Waals surface area contributed by atoms with Gasteiger partial charge >= 0.3 is 0 Å². The number of fused-ring (bicyclic) bond motifs is 1. The van der Waals surface area contributed by atoms with E-state index in [0.717, 1.165) is 24.7 Å². The number of hydrogen-bond acceptors (Lipinski definition) is 3. The minimum atomic E-state index is 0.595. The van der Waals surface area contributed by atoms with Gasteiger partial charge in [-0.2, -0.15) is 5.10 Å². The minimum absolute atomic E-state index is 0.595. The first-order valence-electron chi connectivity index (χ1n) is 6.35. The maximum absolute atomic E-state index is 4.63. The number of hydrogen-bond donors (Lipinski definition) is 2. The fourth-order valence-electron chi connectivity index (χ4n) is 3.01. The third-order valence-electron chi connectivity index (χ3n) is 3.80. The third kappa shape index (κ3) is 1.71. The first-order valence-corrected chi connectivity index (χ1v) is 6.35. The van der Waals surface area contributed by atoms with E-state index in [1.54, 1.807) is 0 Å². The van der Waals surface area contributed by atoms with Crippen molar-refractivity contribution in [3.05, 3.63) is 11.8 Å². The molecule has 1 fully saturated rings. The summed E-state index contributed by atoms with van der Waals surface area (Å²) >= 11 is 0. The molecule has 3 heterocycles. The highest BCUT2D eigenvalue weighted by atomic mass is 15.4. The second-order valence-corrected chi connectivity index (χ2v) is 5.00. The van der Waals surface area contributed by atoms with Gasteiger partial charge in [0.25, 0.3) is 0 Å². The zero-order valence-electron chi connectivity index (χ0n) is 9.87. The van der Waals surface area contributed by atoms with Crippen LogP contribution < -0.4 is 10.6 Å². The molecule has 1 saturated heterocycles. The molecule has 4 nitrogen and oxygen atoms in total. The predicted molar refractivity (Wildman–Crippen MR) is 64.7 cm³/mol. The molecule has 0 aliphatic carbocycles. The van der Waals surface area contributed by atoms with Gasteiger partial charge in [0.15, 0.2) is 0 Å². The lowest BCUT2D eigenvalue weighted by Crippen LogP contribution is -2.38. The molecule has 2 unspecified atom stereocenters. The van der Waals surface area contributed by atoms with E-state index in [1.165, 1.54) is 31.6 Å². The molecule has 88 valence electrons. The maximum Gasteiger partial charge on any atom is 0.124 e. The Morgan fingerprint density at radius 2 is 2.31 bits per heavy atom. The van der Waals surface area contributed by atoms with Crippen molar-refractivity contribution in [3.63, 3.8) is 0 Å². The normalized spacial score (nSPS) is 29.6. The van der Waals surface area contributed by atoms with Gasteiger partial charge < -0.3 is 10.6 Å². The number of nitrogens with one attached hydrogen (secondary N) is 2. The molecule has 0 radical (unpaired) electrons. The second-order valence-electron chi connectivity index (χ2n) is 5.00. The zero-order valence-corrected chi connectivity index (χ0v) is 9.87. The molecule has 4 heteroatoms. The molecule has 0 spiro atoms. The summed E-state index contributed by atoms with van der Waals surface area (Å²) in [5.41, 5.74) is 1.12. The Morgan fingerprint density at radius 1 is 1.38 bits per heavy atom. The van der Waals surface area contributed by atoms with Crippen LogP contribution in [0.5, 0.6) is 0 Å². The molecule has 1 aromatic heterocycles. The number of aryl methyl sites for hydroxylation is 1. The minimum Gasteiger partial charge on any atom is -0.370 e. The molecule has 2 aliphatic heterocycles. The third-order valence-corrected chi connectivity index (χ3v) is 3.80. The van der Waals surface area contributed by atoms with Gasteiger partial charge in [-0.3, -0.25) is 0 Å². The Morgan fingerprint density at radius 3 is 3.12 bits per heavy atom. The van der Waals surface area contributed by atoms with Crippen LogP contribution in [-0.4, -0.2) is 29.4 Å². The van der Waals surface area contributed by atoms with Gasteiger partial charge in [-0.25, -0.2) is 4.68 Å². The van der Waals surface area contributed by atoms with E-state index < -0.39 is 0 Å². The van der Waals surface area contributed by atoms with Gasteiger partial charge in [-0.15, -0.1) is 0 Å². The highest BCUT2D eigenvalue weighted by molar-refractivity contribution is 5.39. The van der Waals surface area contributed by atoms with E-state index in [2.05, 4.69) is 33.4 Å². The van der Waals surface area contributed by atoms with Crippen molar-refractivity contribution in [1.29, 1.82) is 0 Å².